The van der Waals surface area contributed by atoms with E-state index in [1.807, 2.05) is 19.9 Å². The lowest BCUT2D eigenvalue weighted by atomic mass is 9.59. The number of hydrogen-bond donors (Lipinski definition) is 4. The van der Waals surface area contributed by atoms with Gasteiger partial charge in [-0.3, -0.25) is 14.4 Å². The highest BCUT2D eigenvalue weighted by atomic mass is 16.3. The molecule has 4 rings (SSSR count). The molecule has 0 saturated heterocycles. The third kappa shape index (κ3) is 3.88. The molecule has 7 nitrogen and oxygen atoms in total. The van der Waals surface area contributed by atoms with Crippen LogP contribution in [0.5, 0.6) is 5.75 Å². The van der Waals surface area contributed by atoms with Gasteiger partial charge in [0.05, 0.1) is 5.56 Å². The Kier molecular flexibility index (Phi) is 6.90. The number of hydrogen-bond acceptors (Lipinski definition) is 7. The van der Waals surface area contributed by atoms with Crippen LogP contribution in [-0.4, -0.2) is 43.4 Å². The van der Waals surface area contributed by atoms with Crippen molar-refractivity contribution in [1.29, 1.82) is 0 Å². The van der Waals surface area contributed by atoms with E-state index in [9.17, 15) is 34.8 Å². The molecule has 0 amide bonds. The van der Waals surface area contributed by atoms with Crippen molar-refractivity contribution in [3.8, 4) is 5.75 Å². The van der Waals surface area contributed by atoms with Crippen molar-refractivity contribution in [1.82, 2.24) is 0 Å². The van der Waals surface area contributed by atoms with Crippen molar-refractivity contribution >= 4 is 17.3 Å². The van der Waals surface area contributed by atoms with Crippen molar-refractivity contribution in [3.05, 3.63) is 51.0 Å². The number of aliphatic hydroxyl groups excluding tert-OH is 2. The molecule has 0 aliphatic heterocycles. The molecule has 1 aromatic rings. The van der Waals surface area contributed by atoms with Gasteiger partial charge in [-0.05, 0) is 61.1 Å². The molecule has 3 aliphatic carbocycles. The third-order valence-corrected chi connectivity index (χ3v) is 8.20. The lowest BCUT2D eigenvalue weighted by molar-refractivity contribution is -0.144. The zero-order valence-corrected chi connectivity index (χ0v) is 21.5. The fraction of sp³-hybridized carbons (Fsp3) is 0.552. The van der Waals surface area contributed by atoms with Gasteiger partial charge in [0.15, 0.2) is 17.2 Å². The number of allylic oxidation sites excluding steroid dienone is 2. The summed E-state index contributed by atoms with van der Waals surface area (Å²) in [6.07, 6.45) is 5.08. The van der Waals surface area contributed by atoms with Gasteiger partial charge in [-0.1, -0.05) is 46.1 Å². The van der Waals surface area contributed by atoms with E-state index in [0.29, 0.717) is 18.4 Å². The van der Waals surface area contributed by atoms with Crippen LogP contribution in [0.15, 0.2) is 28.7 Å². The number of carbonyl (C=O) groups excluding carboxylic acids is 3. The molecule has 0 saturated carbocycles. The second-order valence-electron chi connectivity index (χ2n) is 10.9. The van der Waals surface area contributed by atoms with Crippen molar-refractivity contribution in [2.45, 2.75) is 90.6 Å². The topological polar surface area (TPSA) is 132 Å². The number of fused-ring (bicyclic) bond motifs is 3. The number of aliphatic hydroxyl groups is 3. The Morgan fingerprint density at radius 3 is 2.42 bits per heavy atom. The third-order valence-electron chi connectivity index (χ3n) is 8.20. The minimum Gasteiger partial charge on any atom is -0.511 e. The standard InChI is InChI=1S/C29H36O7/c1-5-6-7-8-9-16-11-19(14(2)3)20-12-17-10-18-13-21(31)22(15(4)30)27(34)29(18,36)28(35)23(17)26(33)24(20)25(16)32/h11,14,17-18,31-32,35-36H,5-10,12-13H2,1-4H3/t17-,18+,29-/m1/s1. The summed E-state index contributed by atoms with van der Waals surface area (Å²) >= 11 is 0. The Morgan fingerprint density at radius 1 is 1.11 bits per heavy atom. The number of phenolic OH excluding ortho intramolecular Hbond substituents is 1. The molecule has 194 valence electrons. The second kappa shape index (κ2) is 9.51. The first-order chi connectivity index (χ1) is 16.9. The van der Waals surface area contributed by atoms with Gasteiger partial charge >= 0.3 is 0 Å². The highest BCUT2D eigenvalue weighted by molar-refractivity contribution is 6.25. The highest BCUT2D eigenvalue weighted by Gasteiger charge is 2.59. The number of carbonyl (C=O) groups is 3. The van der Waals surface area contributed by atoms with Crippen LogP contribution in [0, 0.1) is 11.8 Å². The molecular formula is C29H36O7. The second-order valence-corrected chi connectivity index (χ2v) is 10.9. The van der Waals surface area contributed by atoms with Crippen LogP contribution < -0.4 is 0 Å². The SMILES string of the molecule is CCCCCCc1cc(C(C)C)c2c(c1O)C(=O)C1=C(O)[C@]3(O)C(=O)C(C(C)=O)=C(O)C[C@@H]3C[C@@H]1C2. The number of rotatable bonds is 7. The Bertz CT molecular complexity index is 1200. The molecule has 0 bridgehead atoms. The molecule has 0 radical (unpaired) electrons. The summed E-state index contributed by atoms with van der Waals surface area (Å²) in [5.41, 5.74) is -0.534. The highest BCUT2D eigenvalue weighted by Crippen LogP contribution is 2.52. The Hall–Kier alpha value is -2.93. The fourth-order valence-corrected chi connectivity index (χ4v) is 6.33. The summed E-state index contributed by atoms with van der Waals surface area (Å²) < 4.78 is 0. The zero-order chi connectivity index (χ0) is 26.5. The number of benzene rings is 1. The van der Waals surface area contributed by atoms with Crippen LogP contribution in [0.25, 0.3) is 0 Å². The first-order valence-corrected chi connectivity index (χ1v) is 13.0. The lowest BCUT2D eigenvalue weighted by Crippen LogP contribution is -2.56. The maximum absolute atomic E-state index is 13.9. The molecule has 3 aliphatic rings. The van der Waals surface area contributed by atoms with Crippen LogP contribution in [0.2, 0.25) is 0 Å². The predicted octanol–water partition coefficient (Wildman–Crippen LogP) is 4.93. The Labute approximate surface area is 211 Å². The van der Waals surface area contributed by atoms with Crippen molar-refractivity contribution in [2.75, 3.05) is 0 Å². The summed E-state index contributed by atoms with van der Waals surface area (Å²) in [7, 11) is 0. The predicted molar refractivity (Wildman–Crippen MR) is 134 cm³/mol. The summed E-state index contributed by atoms with van der Waals surface area (Å²) in [5.74, 6) is -4.88. The van der Waals surface area contributed by atoms with Gasteiger partial charge in [0, 0.05) is 17.9 Å². The molecule has 7 heteroatoms. The van der Waals surface area contributed by atoms with E-state index in [1.54, 1.807) is 0 Å². The summed E-state index contributed by atoms with van der Waals surface area (Å²) in [5, 5.41) is 44.3. The number of aryl methyl sites for hydroxylation is 1. The number of Topliss-reactive ketones (excluding diaryl/α,β-unsaturated/α-hetero) is 3. The quantitative estimate of drug-likeness (QED) is 0.311. The average molecular weight is 497 g/mol. The molecule has 0 aromatic heterocycles. The molecular weight excluding hydrogens is 460 g/mol. The molecule has 36 heavy (non-hydrogen) atoms. The number of phenols is 1. The van der Waals surface area contributed by atoms with Gasteiger partial charge < -0.3 is 20.4 Å². The van der Waals surface area contributed by atoms with Gasteiger partial charge in [0.2, 0.25) is 5.78 Å². The first-order valence-electron chi connectivity index (χ1n) is 13.0. The van der Waals surface area contributed by atoms with E-state index in [1.165, 1.54) is 0 Å². The van der Waals surface area contributed by atoms with E-state index in [0.717, 1.165) is 43.7 Å². The minimum absolute atomic E-state index is 0.0768. The molecule has 3 atom stereocenters. The summed E-state index contributed by atoms with van der Waals surface area (Å²) in [4.78, 5) is 39.0. The Morgan fingerprint density at radius 2 is 1.81 bits per heavy atom. The summed E-state index contributed by atoms with van der Waals surface area (Å²) in [6, 6.07) is 1.99. The normalized spacial score (nSPS) is 25.7. The van der Waals surface area contributed by atoms with Crippen LogP contribution in [0.1, 0.15) is 99.2 Å². The van der Waals surface area contributed by atoms with E-state index in [2.05, 4.69) is 6.92 Å². The number of ketones is 3. The molecule has 4 N–H and O–H groups in total. The van der Waals surface area contributed by atoms with Crippen molar-refractivity contribution in [2.24, 2.45) is 11.8 Å². The molecule has 0 heterocycles. The maximum Gasteiger partial charge on any atom is 0.209 e. The lowest BCUT2D eigenvalue weighted by Gasteiger charge is -2.46. The number of unbranched alkanes of at least 4 members (excludes halogenated alkanes) is 3. The molecule has 0 fully saturated rings. The number of aromatic hydroxyl groups is 1. The van der Waals surface area contributed by atoms with Gasteiger partial charge in [-0.15, -0.1) is 0 Å². The molecule has 0 spiro atoms. The van der Waals surface area contributed by atoms with Gasteiger partial charge in [-0.25, -0.2) is 0 Å². The summed E-state index contributed by atoms with van der Waals surface area (Å²) in [6.45, 7) is 7.30. The van der Waals surface area contributed by atoms with E-state index in [4.69, 9.17) is 0 Å². The fourth-order valence-electron chi connectivity index (χ4n) is 6.33. The largest absolute Gasteiger partial charge is 0.511 e. The first kappa shape index (κ1) is 26.1. The average Bonchev–Trinajstić information content (AvgIpc) is 2.79. The maximum atomic E-state index is 13.9. The molecule has 1 aromatic carbocycles. The van der Waals surface area contributed by atoms with Crippen LogP contribution >= 0.6 is 0 Å². The van der Waals surface area contributed by atoms with E-state index in [-0.39, 0.29) is 35.6 Å². The van der Waals surface area contributed by atoms with Crippen LogP contribution in [-0.2, 0) is 22.4 Å². The van der Waals surface area contributed by atoms with Gasteiger partial charge in [0.25, 0.3) is 0 Å². The van der Waals surface area contributed by atoms with E-state index >= 15 is 0 Å². The van der Waals surface area contributed by atoms with Crippen molar-refractivity contribution < 1.29 is 34.8 Å². The van der Waals surface area contributed by atoms with Crippen LogP contribution in [0.4, 0.5) is 0 Å². The monoisotopic (exact) mass is 496 g/mol. The Balaban J connectivity index is 1.84. The van der Waals surface area contributed by atoms with Crippen LogP contribution in [0.3, 0.4) is 0 Å². The molecule has 0 unspecified atom stereocenters. The van der Waals surface area contributed by atoms with E-state index < -0.39 is 51.9 Å². The zero-order valence-electron chi connectivity index (χ0n) is 21.5. The van der Waals surface area contributed by atoms with Gasteiger partial charge in [0.1, 0.15) is 22.8 Å². The minimum atomic E-state index is -2.46. The smallest absolute Gasteiger partial charge is 0.209 e. The van der Waals surface area contributed by atoms with Gasteiger partial charge in [-0.2, -0.15) is 0 Å². The van der Waals surface area contributed by atoms with Crippen molar-refractivity contribution in [3.63, 3.8) is 0 Å².